The molecule has 1 aliphatic heterocycles. The van der Waals surface area contributed by atoms with Crippen molar-refractivity contribution in [2.75, 3.05) is 11.4 Å². The molecular weight excluding hydrogens is 256 g/mol. The van der Waals surface area contributed by atoms with Crippen LogP contribution >= 0.6 is 0 Å². The lowest BCUT2D eigenvalue weighted by molar-refractivity contribution is -0.138. The van der Waals surface area contributed by atoms with Crippen molar-refractivity contribution in [1.82, 2.24) is 5.32 Å². The number of aliphatic carboxylic acids is 1. The number of nitrogens with one attached hydrogen (secondary N) is 1. The molecule has 0 bridgehead atoms. The van der Waals surface area contributed by atoms with Crippen LogP contribution < -0.4 is 10.2 Å². The summed E-state index contributed by atoms with van der Waals surface area (Å²) in [6.45, 7) is 1.82. The SMILES string of the molecule is C#CCNC(=O)C(C)N1c2ccccc2CC1C(=O)O. The highest BCUT2D eigenvalue weighted by Gasteiger charge is 2.39. The number of benzene rings is 1. The number of para-hydroxylation sites is 1. The van der Waals surface area contributed by atoms with Gasteiger partial charge in [0.15, 0.2) is 0 Å². The normalized spacial score (nSPS) is 18.0. The van der Waals surface area contributed by atoms with Crippen molar-refractivity contribution in [2.24, 2.45) is 0 Å². The fourth-order valence-corrected chi connectivity index (χ4v) is 2.51. The topological polar surface area (TPSA) is 69.6 Å². The highest BCUT2D eigenvalue weighted by molar-refractivity contribution is 5.90. The minimum Gasteiger partial charge on any atom is -0.480 e. The van der Waals surface area contributed by atoms with Crippen LogP contribution in [0.5, 0.6) is 0 Å². The summed E-state index contributed by atoms with van der Waals surface area (Å²) < 4.78 is 0. The monoisotopic (exact) mass is 272 g/mol. The number of amides is 1. The van der Waals surface area contributed by atoms with E-state index in [2.05, 4.69) is 11.2 Å². The molecule has 0 radical (unpaired) electrons. The molecule has 1 aliphatic rings. The van der Waals surface area contributed by atoms with Crippen LogP contribution in [0.1, 0.15) is 12.5 Å². The molecule has 2 rings (SSSR count). The van der Waals surface area contributed by atoms with Crippen molar-refractivity contribution in [1.29, 1.82) is 0 Å². The van der Waals surface area contributed by atoms with E-state index < -0.39 is 18.1 Å². The Kier molecular flexibility index (Phi) is 3.94. The van der Waals surface area contributed by atoms with E-state index in [0.717, 1.165) is 11.3 Å². The highest BCUT2D eigenvalue weighted by atomic mass is 16.4. The van der Waals surface area contributed by atoms with Gasteiger partial charge in [-0.1, -0.05) is 24.1 Å². The molecule has 0 aromatic heterocycles. The highest BCUT2D eigenvalue weighted by Crippen LogP contribution is 2.33. The second-order valence-electron chi connectivity index (χ2n) is 4.69. The Labute approximate surface area is 117 Å². The number of rotatable bonds is 4. The Hall–Kier alpha value is -2.48. The second-order valence-corrected chi connectivity index (χ2v) is 4.69. The second kappa shape index (κ2) is 5.66. The van der Waals surface area contributed by atoms with Crippen LogP contribution in [0.15, 0.2) is 24.3 Å². The molecule has 104 valence electrons. The average Bonchev–Trinajstić information content (AvgIpc) is 2.83. The van der Waals surface area contributed by atoms with Gasteiger partial charge in [0.2, 0.25) is 5.91 Å². The van der Waals surface area contributed by atoms with Gasteiger partial charge in [-0.3, -0.25) is 4.79 Å². The van der Waals surface area contributed by atoms with Crippen LogP contribution in [0.25, 0.3) is 0 Å². The Morgan fingerprint density at radius 3 is 2.90 bits per heavy atom. The van der Waals surface area contributed by atoms with Gasteiger partial charge in [0.05, 0.1) is 6.54 Å². The number of carbonyl (C=O) groups is 2. The van der Waals surface area contributed by atoms with Gasteiger partial charge in [-0.2, -0.15) is 0 Å². The number of carbonyl (C=O) groups excluding carboxylic acids is 1. The molecule has 1 heterocycles. The molecule has 2 atom stereocenters. The minimum absolute atomic E-state index is 0.135. The number of hydrogen-bond donors (Lipinski definition) is 2. The van der Waals surface area contributed by atoms with E-state index in [1.54, 1.807) is 11.8 Å². The van der Waals surface area contributed by atoms with Crippen LogP contribution in [0.4, 0.5) is 5.69 Å². The molecule has 5 heteroatoms. The first-order chi connectivity index (χ1) is 9.56. The quantitative estimate of drug-likeness (QED) is 0.789. The standard InChI is InChI=1S/C15H16N2O3/c1-3-8-16-14(18)10(2)17-12-7-5-4-6-11(12)9-13(17)15(19)20/h1,4-7,10,13H,8-9H2,2H3,(H,16,18)(H,19,20). The number of hydrogen-bond acceptors (Lipinski definition) is 3. The average molecular weight is 272 g/mol. The molecule has 0 spiro atoms. The van der Waals surface area contributed by atoms with Gasteiger partial charge in [0, 0.05) is 12.1 Å². The van der Waals surface area contributed by atoms with Gasteiger partial charge in [-0.05, 0) is 18.6 Å². The van der Waals surface area contributed by atoms with E-state index in [9.17, 15) is 14.7 Å². The Balaban J connectivity index is 2.29. The minimum atomic E-state index is -0.933. The van der Waals surface area contributed by atoms with Gasteiger partial charge in [0.25, 0.3) is 0 Å². The van der Waals surface area contributed by atoms with Crippen molar-refractivity contribution >= 4 is 17.6 Å². The van der Waals surface area contributed by atoms with Crippen LogP contribution in [-0.2, 0) is 16.0 Å². The Bertz CT molecular complexity index is 577. The molecular formula is C15H16N2O3. The van der Waals surface area contributed by atoms with E-state index in [-0.39, 0.29) is 12.5 Å². The van der Waals surface area contributed by atoms with Gasteiger partial charge >= 0.3 is 5.97 Å². The lowest BCUT2D eigenvalue weighted by atomic mass is 10.1. The third kappa shape index (κ3) is 2.45. The summed E-state index contributed by atoms with van der Waals surface area (Å²) in [6, 6.07) is 6.11. The third-order valence-corrected chi connectivity index (χ3v) is 3.47. The Morgan fingerprint density at radius 2 is 2.25 bits per heavy atom. The van der Waals surface area contributed by atoms with E-state index in [4.69, 9.17) is 6.42 Å². The summed E-state index contributed by atoms with van der Waals surface area (Å²) in [7, 11) is 0. The van der Waals surface area contributed by atoms with Crippen molar-refractivity contribution in [3.63, 3.8) is 0 Å². The summed E-state index contributed by atoms with van der Waals surface area (Å²) >= 11 is 0. The van der Waals surface area contributed by atoms with Gasteiger partial charge in [-0.25, -0.2) is 4.79 Å². The van der Waals surface area contributed by atoms with Crippen molar-refractivity contribution < 1.29 is 14.7 Å². The summed E-state index contributed by atoms with van der Waals surface area (Å²) in [5.74, 6) is 1.13. The summed E-state index contributed by atoms with van der Waals surface area (Å²) in [5, 5.41) is 11.9. The fraction of sp³-hybridized carbons (Fsp3) is 0.333. The van der Waals surface area contributed by atoms with Gasteiger partial charge < -0.3 is 15.3 Å². The van der Waals surface area contributed by atoms with Crippen LogP contribution in [0, 0.1) is 12.3 Å². The number of carboxylic acid groups (broad SMARTS) is 1. The first kappa shape index (κ1) is 13.9. The van der Waals surface area contributed by atoms with E-state index in [1.807, 2.05) is 24.3 Å². The van der Waals surface area contributed by atoms with Crippen LogP contribution in [-0.4, -0.2) is 35.6 Å². The molecule has 1 aromatic carbocycles. The molecule has 1 amide bonds. The predicted octanol–water partition coefficient (Wildman–Crippen LogP) is 0.640. The summed E-state index contributed by atoms with van der Waals surface area (Å²) in [4.78, 5) is 25.1. The lowest BCUT2D eigenvalue weighted by Gasteiger charge is -2.30. The lowest BCUT2D eigenvalue weighted by Crippen LogP contribution is -2.51. The zero-order chi connectivity index (χ0) is 14.7. The maximum atomic E-state index is 12.0. The molecule has 0 fully saturated rings. The zero-order valence-electron chi connectivity index (χ0n) is 11.2. The smallest absolute Gasteiger partial charge is 0.326 e. The van der Waals surface area contributed by atoms with Crippen molar-refractivity contribution in [2.45, 2.75) is 25.4 Å². The van der Waals surface area contributed by atoms with E-state index >= 15 is 0 Å². The van der Waals surface area contributed by atoms with Crippen LogP contribution in [0.2, 0.25) is 0 Å². The molecule has 1 aromatic rings. The third-order valence-electron chi connectivity index (χ3n) is 3.47. The maximum absolute atomic E-state index is 12.0. The molecule has 0 saturated carbocycles. The molecule has 2 unspecified atom stereocenters. The van der Waals surface area contributed by atoms with E-state index in [0.29, 0.717) is 6.42 Å². The molecule has 0 saturated heterocycles. The molecule has 2 N–H and O–H groups in total. The number of terminal acetylenes is 1. The Morgan fingerprint density at radius 1 is 1.55 bits per heavy atom. The number of carboxylic acids is 1. The van der Waals surface area contributed by atoms with Crippen molar-refractivity contribution in [3.8, 4) is 12.3 Å². The van der Waals surface area contributed by atoms with Crippen molar-refractivity contribution in [3.05, 3.63) is 29.8 Å². The summed E-state index contributed by atoms with van der Waals surface area (Å²) in [6.07, 6.45) is 5.51. The number of nitrogens with zero attached hydrogens (tertiary/aromatic N) is 1. The first-order valence-electron chi connectivity index (χ1n) is 6.36. The van der Waals surface area contributed by atoms with Gasteiger partial charge in [-0.15, -0.1) is 6.42 Å². The molecule has 0 aliphatic carbocycles. The number of anilines is 1. The fourth-order valence-electron chi connectivity index (χ4n) is 2.51. The summed E-state index contributed by atoms with van der Waals surface area (Å²) in [5.41, 5.74) is 1.74. The van der Waals surface area contributed by atoms with E-state index in [1.165, 1.54) is 0 Å². The maximum Gasteiger partial charge on any atom is 0.326 e. The molecule has 20 heavy (non-hydrogen) atoms. The number of fused-ring (bicyclic) bond motifs is 1. The zero-order valence-corrected chi connectivity index (χ0v) is 11.2. The largest absolute Gasteiger partial charge is 0.480 e. The van der Waals surface area contributed by atoms with Crippen LogP contribution in [0.3, 0.4) is 0 Å². The predicted molar refractivity (Wildman–Crippen MR) is 75.4 cm³/mol. The first-order valence-corrected chi connectivity index (χ1v) is 6.36. The van der Waals surface area contributed by atoms with Gasteiger partial charge in [0.1, 0.15) is 12.1 Å². The molecule has 5 nitrogen and oxygen atoms in total.